The number of amidine groups is 1. The van der Waals surface area contributed by atoms with Crippen LogP contribution in [0, 0.1) is 5.82 Å². The minimum Gasteiger partial charge on any atom is -0.489 e. The van der Waals surface area contributed by atoms with E-state index in [0.717, 1.165) is 17.3 Å². The SMILES string of the molecule is NC1=NC(=O)/C(=C\c2cccc(OCc3c(F)cccc3Cl)c2)S1. The Labute approximate surface area is 147 Å². The van der Waals surface area contributed by atoms with E-state index in [1.54, 1.807) is 30.3 Å². The second-order valence-corrected chi connectivity index (χ2v) is 6.40. The first kappa shape index (κ1) is 16.5. The number of hydrogen-bond donors (Lipinski definition) is 1. The van der Waals surface area contributed by atoms with E-state index in [0.29, 0.717) is 21.2 Å². The number of thioether (sulfide) groups is 1. The molecule has 0 saturated heterocycles. The highest BCUT2D eigenvalue weighted by Gasteiger charge is 2.19. The predicted molar refractivity (Wildman–Crippen MR) is 94.4 cm³/mol. The van der Waals surface area contributed by atoms with Crippen LogP contribution in [0.4, 0.5) is 4.39 Å². The lowest BCUT2D eigenvalue weighted by molar-refractivity contribution is -0.113. The second-order valence-electron chi connectivity index (χ2n) is 4.93. The molecule has 0 radical (unpaired) electrons. The van der Waals surface area contributed by atoms with Crippen molar-refractivity contribution in [2.75, 3.05) is 0 Å². The molecule has 1 heterocycles. The van der Waals surface area contributed by atoms with Gasteiger partial charge in [0.2, 0.25) is 0 Å². The van der Waals surface area contributed by atoms with Gasteiger partial charge < -0.3 is 10.5 Å². The van der Waals surface area contributed by atoms with Crippen LogP contribution in [0.15, 0.2) is 52.4 Å². The number of benzene rings is 2. The zero-order valence-corrected chi connectivity index (χ0v) is 13.9. The average molecular weight is 363 g/mol. The van der Waals surface area contributed by atoms with Crippen molar-refractivity contribution in [3.63, 3.8) is 0 Å². The van der Waals surface area contributed by atoms with Crippen LogP contribution in [0.5, 0.6) is 5.75 Å². The van der Waals surface area contributed by atoms with Crippen molar-refractivity contribution in [2.24, 2.45) is 10.7 Å². The van der Waals surface area contributed by atoms with E-state index >= 15 is 0 Å². The summed E-state index contributed by atoms with van der Waals surface area (Å²) in [5, 5.41) is 0.543. The first-order valence-electron chi connectivity index (χ1n) is 6.97. The molecular weight excluding hydrogens is 351 g/mol. The van der Waals surface area contributed by atoms with Crippen LogP contribution in [0.2, 0.25) is 5.02 Å². The summed E-state index contributed by atoms with van der Waals surface area (Å²) in [5.74, 6) is -0.240. The fourth-order valence-corrected chi connectivity index (χ4v) is 3.00. The minimum absolute atomic E-state index is 0.00920. The molecule has 2 N–H and O–H groups in total. The summed E-state index contributed by atoms with van der Waals surface area (Å²) in [6.07, 6.45) is 1.68. The number of nitrogens with two attached hydrogens (primary N) is 1. The molecule has 0 fully saturated rings. The third-order valence-electron chi connectivity index (χ3n) is 3.24. The molecule has 0 saturated carbocycles. The summed E-state index contributed by atoms with van der Waals surface area (Å²) in [7, 11) is 0. The lowest BCUT2D eigenvalue weighted by atomic mass is 10.2. The Balaban J connectivity index is 1.75. The number of amides is 1. The molecule has 1 amide bonds. The first-order valence-corrected chi connectivity index (χ1v) is 8.16. The average Bonchev–Trinajstić information content (AvgIpc) is 2.85. The molecule has 1 aliphatic rings. The van der Waals surface area contributed by atoms with Crippen molar-refractivity contribution >= 4 is 40.5 Å². The fraction of sp³-hybridized carbons (Fsp3) is 0.0588. The Hall–Kier alpha value is -2.31. The zero-order chi connectivity index (χ0) is 17.1. The highest BCUT2D eigenvalue weighted by atomic mass is 35.5. The molecule has 2 aromatic rings. The van der Waals surface area contributed by atoms with Gasteiger partial charge in [0.25, 0.3) is 5.91 Å². The summed E-state index contributed by atoms with van der Waals surface area (Å²) >= 11 is 7.10. The van der Waals surface area contributed by atoms with Gasteiger partial charge in [0.15, 0.2) is 5.17 Å². The van der Waals surface area contributed by atoms with Crippen LogP contribution in [0.25, 0.3) is 6.08 Å². The van der Waals surface area contributed by atoms with Crippen LogP contribution in [0.1, 0.15) is 11.1 Å². The van der Waals surface area contributed by atoms with Crippen molar-refractivity contribution in [2.45, 2.75) is 6.61 Å². The van der Waals surface area contributed by atoms with Crippen LogP contribution >= 0.6 is 23.4 Å². The number of halogens is 2. The molecule has 3 rings (SSSR count). The Morgan fingerprint density at radius 3 is 2.79 bits per heavy atom. The van der Waals surface area contributed by atoms with Crippen LogP contribution in [-0.2, 0) is 11.4 Å². The maximum Gasteiger partial charge on any atom is 0.286 e. The zero-order valence-electron chi connectivity index (χ0n) is 12.3. The van der Waals surface area contributed by atoms with Crippen molar-refractivity contribution in [3.8, 4) is 5.75 Å². The van der Waals surface area contributed by atoms with E-state index in [9.17, 15) is 9.18 Å². The van der Waals surface area contributed by atoms with Gasteiger partial charge in [0.05, 0.1) is 9.93 Å². The molecule has 122 valence electrons. The Morgan fingerprint density at radius 2 is 2.08 bits per heavy atom. The largest absolute Gasteiger partial charge is 0.489 e. The lowest BCUT2D eigenvalue weighted by Gasteiger charge is -2.09. The smallest absolute Gasteiger partial charge is 0.286 e. The van der Waals surface area contributed by atoms with Crippen molar-refractivity contribution in [1.29, 1.82) is 0 Å². The van der Waals surface area contributed by atoms with Crippen molar-refractivity contribution in [3.05, 3.63) is 69.3 Å². The number of carbonyl (C=O) groups excluding carboxylic acids is 1. The summed E-state index contributed by atoms with van der Waals surface area (Å²) in [4.78, 5) is 15.7. The van der Waals surface area contributed by atoms with Crippen LogP contribution < -0.4 is 10.5 Å². The van der Waals surface area contributed by atoms with Gasteiger partial charge in [0, 0.05) is 5.56 Å². The summed E-state index contributed by atoms with van der Waals surface area (Å²) < 4.78 is 19.4. The maximum absolute atomic E-state index is 13.7. The molecule has 0 spiro atoms. The van der Waals surface area contributed by atoms with E-state index in [4.69, 9.17) is 22.1 Å². The Bertz CT molecular complexity index is 847. The molecule has 0 bridgehead atoms. The van der Waals surface area contributed by atoms with Crippen LogP contribution in [-0.4, -0.2) is 11.1 Å². The Kier molecular flexibility index (Phi) is 4.87. The molecule has 2 aromatic carbocycles. The second kappa shape index (κ2) is 7.07. The standard InChI is InChI=1S/C17H12ClFN2O2S/c18-13-5-2-6-14(19)12(13)9-23-11-4-1-3-10(7-11)8-15-16(22)21-17(20)24-15/h1-8H,9H2,(H2,20,21,22)/b15-8+. The van der Waals surface area contributed by atoms with Gasteiger partial charge in [-0.2, -0.15) is 4.99 Å². The lowest BCUT2D eigenvalue weighted by Crippen LogP contribution is -2.01. The minimum atomic E-state index is -0.415. The Morgan fingerprint density at radius 1 is 1.29 bits per heavy atom. The molecule has 0 aromatic heterocycles. The number of ether oxygens (including phenoxy) is 1. The third-order valence-corrected chi connectivity index (χ3v) is 4.40. The molecule has 0 atom stereocenters. The number of rotatable bonds is 4. The van der Waals surface area contributed by atoms with Gasteiger partial charge in [-0.3, -0.25) is 4.79 Å². The van der Waals surface area contributed by atoms with Gasteiger partial charge >= 0.3 is 0 Å². The highest BCUT2D eigenvalue weighted by Crippen LogP contribution is 2.28. The monoisotopic (exact) mass is 362 g/mol. The summed E-state index contributed by atoms with van der Waals surface area (Å²) in [6, 6.07) is 11.6. The molecular formula is C17H12ClFN2O2S. The molecule has 7 heteroatoms. The van der Waals surface area contributed by atoms with Crippen LogP contribution in [0.3, 0.4) is 0 Å². The first-order chi connectivity index (χ1) is 11.5. The molecule has 24 heavy (non-hydrogen) atoms. The number of nitrogens with zero attached hydrogens (tertiary/aromatic N) is 1. The fourth-order valence-electron chi connectivity index (χ4n) is 2.10. The summed E-state index contributed by atoms with van der Waals surface area (Å²) in [6.45, 7) is 0.00920. The van der Waals surface area contributed by atoms with Crippen molar-refractivity contribution < 1.29 is 13.9 Å². The number of aliphatic imine (C=N–C) groups is 1. The maximum atomic E-state index is 13.7. The third kappa shape index (κ3) is 3.77. The normalized spacial score (nSPS) is 15.7. The van der Waals surface area contributed by atoms with Gasteiger partial charge in [-0.1, -0.05) is 29.8 Å². The van der Waals surface area contributed by atoms with Gasteiger partial charge in [-0.05, 0) is 47.7 Å². The topological polar surface area (TPSA) is 64.7 Å². The van der Waals surface area contributed by atoms with E-state index in [1.807, 2.05) is 6.07 Å². The summed E-state index contributed by atoms with van der Waals surface area (Å²) in [5.41, 5.74) is 6.57. The van der Waals surface area contributed by atoms with Gasteiger partial charge in [0.1, 0.15) is 18.2 Å². The number of carbonyl (C=O) groups is 1. The van der Waals surface area contributed by atoms with E-state index in [1.165, 1.54) is 12.1 Å². The molecule has 1 aliphatic heterocycles. The molecule has 0 unspecified atom stereocenters. The van der Waals surface area contributed by atoms with Crippen molar-refractivity contribution in [1.82, 2.24) is 0 Å². The highest BCUT2D eigenvalue weighted by molar-refractivity contribution is 8.18. The quantitative estimate of drug-likeness (QED) is 0.835. The molecule has 0 aliphatic carbocycles. The van der Waals surface area contributed by atoms with Gasteiger partial charge in [-0.15, -0.1) is 0 Å². The van der Waals surface area contributed by atoms with Gasteiger partial charge in [-0.25, -0.2) is 4.39 Å². The van der Waals surface area contributed by atoms with E-state index in [2.05, 4.69) is 4.99 Å². The van der Waals surface area contributed by atoms with E-state index in [-0.39, 0.29) is 17.7 Å². The van der Waals surface area contributed by atoms with E-state index < -0.39 is 5.82 Å². The molecule has 4 nitrogen and oxygen atoms in total. The number of hydrogen-bond acceptors (Lipinski definition) is 4. The predicted octanol–water partition coefficient (Wildman–Crippen LogP) is 3.99.